The van der Waals surface area contributed by atoms with Gasteiger partial charge >= 0.3 is 5.91 Å². The topological polar surface area (TPSA) is 98.2 Å². The molecule has 0 radical (unpaired) electrons. The number of thiazole rings is 1. The Kier molecular flexibility index (Phi) is 6.96. The molecule has 4 aromatic rings. The van der Waals surface area contributed by atoms with Crippen LogP contribution in [0.4, 0.5) is 5.13 Å². The van der Waals surface area contributed by atoms with Crippen LogP contribution in [0.1, 0.15) is 28.3 Å². The van der Waals surface area contributed by atoms with Crippen molar-refractivity contribution in [3.8, 4) is 17.2 Å². The lowest BCUT2D eigenvalue weighted by molar-refractivity contribution is -0.132. The van der Waals surface area contributed by atoms with E-state index in [1.54, 1.807) is 36.4 Å². The summed E-state index contributed by atoms with van der Waals surface area (Å²) in [4.78, 5) is 33.3. The number of carbonyl (C=O) groups is 2. The van der Waals surface area contributed by atoms with Crippen LogP contribution in [0.15, 0.2) is 54.1 Å². The Morgan fingerprint density at radius 1 is 0.974 bits per heavy atom. The van der Waals surface area contributed by atoms with Gasteiger partial charge in [-0.3, -0.25) is 14.5 Å². The largest absolute Gasteiger partial charge is 0.507 e. The molecule has 1 N–H and O–H groups in total. The van der Waals surface area contributed by atoms with E-state index in [-0.39, 0.29) is 11.3 Å². The lowest BCUT2D eigenvalue weighted by atomic mass is 9.95. The Morgan fingerprint density at radius 2 is 1.62 bits per heavy atom. The monoisotopic (exact) mass is 564 g/mol. The highest BCUT2D eigenvalue weighted by molar-refractivity contribution is 7.22. The van der Waals surface area contributed by atoms with Gasteiger partial charge in [0.1, 0.15) is 5.76 Å². The zero-order valence-corrected chi connectivity index (χ0v) is 23.4. The summed E-state index contributed by atoms with van der Waals surface area (Å²) in [6.45, 7) is 3.93. The van der Waals surface area contributed by atoms with E-state index >= 15 is 0 Å². The zero-order valence-electron chi connectivity index (χ0n) is 21.9. The van der Waals surface area contributed by atoms with Crippen molar-refractivity contribution in [1.29, 1.82) is 0 Å². The third-order valence-electron chi connectivity index (χ3n) is 6.59. The maximum absolute atomic E-state index is 13.6. The number of ether oxygens (including phenoxy) is 3. The molecule has 0 spiro atoms. The highest BCUT2D eigenvalue weighted by Crippen LogP contribution is 2.48. The number of benzene rings is 3. The van der Waals surface area contributed by atoms with Crippen molar-refractivity contribution in [1.82, 2.24) is 4.98 Å². The zero-order chi connectivity index (χ0) is 28.0. The summed E-state index contributed by atoms with van der Waals surface area (Å²) in [5, 5.41) is 12.2. The Morgan fingerprint density at radius 3 is 2.21 bits per heavy atom. The normalized spacial score (nSPS) is 16.7. The average molecular weight is 565 g/mol. The maximum Gasteiger partial charge on any atom is 0.301 e. The number of Topliss-reactive ketones (excluding diaryl/α,β-unsaturated/α-hetero) is 1. The molecule has 3 aromatic carbocycles. The molecule has 200 valence electrons. The van der Waals surface area contributed by atoms with Crippen molar-refractivity contribution in [2.45, 2.75) is 19.9 Å². The molecule has 2 heterocycles. The minimum atomic E-state index is -1.03. The number of hydrogen-bond donors (Lipinski definition) is 1. The highest BCUT2D eigenvalue weighted by Gasteiger charge is 2.48. The summed E-state index contributed by atoms with van der Waals surface area (Å²) in [5.41, 5.74) is 3.46. The molecule has 0 saturated carbocycles. The number of aliphatic hydroxyl groups is 1. The third-order valence-corrected chi connectivity index (χ3v) is 7.84. The number of methoxy groups -OCH3 is 3. The Balaban J connectivity index is 1.80. The van der Waals surface area contributed by atoms with Gasteiger partial charge in [0.2, 0.25) is 5.75 Å². The van der Waals surface area contributed by atoms with Crippen LogP contribution in [0, 0.1) is 13.8 Å². The molecular weight excluding hydrogens is 540 g/mol. The average Bonchev–Trinajstić information content (AvgIpc) is 3.46. The molecule has 8 nitrogen and oxygen atoms in total. The van der Waals surface area contributed by atoms with Crippen molar-refractivity contribution in [3.05, 3.63) is 81.4 Å². The Labute approximate surface area is 234 Å². The number of rotatable bonds is 6. The van der Waals surface area contributed by atoms with E-state index in [9.17, 15) is 14.7 Å². The summed E-state index contributed by atoms with van der Waals surface area (Å²) in [7, 11) is 4.44. The van der Waals surface area contributed by atoms with E-state index in [1.165, 1.54) is 37.6 Å². The molecule has 0 aliphatic carbocycles. The van der Waals surface area contributed by atoms with Gasteiger partial charge in [0, 0.05) is 10.6 Å². The van der Waals surface area contributed by atoms with E-state index in [0.717, 1.165) is 21.3 Å². The van der Waals surface area contributed by atoms with Crippen LogP contribution in [0.3, 0.4) is 0 Å². The number of aryl methyl sites for hydroxylation is 2. The first-order valence-electron chi connectivity index (χ1n) is 11.9. The maximum atomic E-state index is 13.6. The predicted molar refractivity (Wildman–Crippen MR) is 151 cm³/mol. The molecule has 0 unspecified atom stereocenters. The first kappa shape index (κ1) is 26.5. The smallest absolute Gasteiger partial charge is 0.301 e. The van der Waals surface area contributed by atoms with E-state index < -0.39 is 17.7 Å². The number of fused-ring (bicyclic) bond motifs is 1. The molecule has 1 aliphatic heterocycles. The Hall–Kier alpha value is -4.08. The third kappa shape index (κ3) is 4.47. The SMILES string of the molecule is COc1cc([C@H]2C(=C(O)c3ccc(Cl)cc3)C(=O)C(=O)N2c2nc3c(C)cc(C)cc3s2)cc(OC)c1OC. The van der Waals surface area contributed by atoms with Crippen molar-refractivity contribution in [3.63, 3.8) is 0 Å². The first-order chi connectivity index (χ1) is 18.7. The van der Waals surface area contributed by atoms with Crippen molar-refractivity contribution in [2.24, 2.45) is 0 Å². The van der Waals surface area contributed by atoms with Crippen LogP contribution in [0.25, 0.3) is 16.0 Å². The number of anilines is 1. The molecule has 1 saturated heterocycles. The van der Waals surface area contributed by atoms with Crippen LogP contribution in [0.2, 0.25) is 5.02 Å². The van der Waals surface area contributed by atoms with Gasteiger partial charge < -0.3 is 19.3 Å². The quantitative estimate of drug-likeness (QED) is 0.169. The van der Waals surface area contributed by atoms with Crippen molar-refractivity contribution in [2.75, 3.05) is 26.2 Å². The molecular formula is C29H25ClN2O6S. The summed E-state index contributed by atoms with van der Waals surface area (Å²) in [6.07, 6.45) is 0. The van der Waals surface area contributed by atoms with Crippen LogP contribution < -0.4 is 19.1 Å². The fraction of sp³-hybridized carbons (Fsp3) is 0.207. The second kappa shape index (κ2) is 10.2. The van der Waals surface area contributed by atoms with Gasteiger partial charge in [-0.2, -0.15) is 0 Å². The van der Waals surface area contributed by atoms with Gasteiger partial charge in [-0.15, -0.1) is 0 Å². The highest BCUT2D eigenvalue weighted by atomic mass is 35.5. The molecule has 1 aromatic heterocycles. The number of halogens is 1. The summed E-state index contributed by atoms with van der Waals surface area (Å²) >= 11 is 7.34. The molecule has 0 bridgehead atoms. The molecule has 1 aliphatic rings. The lowest BCUT2D eigenvalue weighted by Gasteiger charge is -2.24. The predicted octanol–water partition coefficient (Wildman–Crippen LogP) is 6.22. The minimum Gasteiger partial charge on any atom is -0.507 e. The van der Waals surface area contributed by atoms with Gasteiger partial charge in [-0.25, -0.2) is 4.98 Å². The van der Waals surface area contributed by atoms with Gasteiger partial charge in [0.15, 0.2) is 16.6 Å². The standard InChI is InChI=1S/C29H25ClN2O6S/c1-14-10-15(2)23-21(11-14)39-29(31-23)32-24(17-12-19(36-3)27(38-5)20(13-17)37-4)22(26(34)28(32)35)25(33)16-6-8-18(30)9-7-16/h6-13,24,33H,1-5H3/t24-/m0/s1. The van der Waals surface area contributed by atoms with Gasteiger partial charge in [0.25, 0.3) is 5.78 Å². The van der Waals surface area contributed by atoms with E-state index in [1.807, 2.05) is 26.0 Å². The number of aromatic nitrogens is 1. The number of carbonyl (C=O) groups excluding carboxylic acids is 2. The molecule has 10 heteroatoms. The number of ketones is 1. The summed E-state index contributed by atoms with van der Waals surface area (Å²) < 4.78 is 17.4. The second-order valence-corrected chi connectivity index (χ2v) is 10.5. The number of amides is 1. The summed E-state index contributed by atoms with van der Waals surface area (Å²) in [5.74, 6) is -0.964. The van der Waals surface area contributed by atoms with Crippen LogP contribution in [0.5, 0.6) is 17.2 Å². The fourth-order valence-corrected chi connectivity index (χ4v) is 6.12. The van der Waals surface area contributed by atoms with Gasteiger partial charge in [0.05, 0.1) is 43.2 Å². The lowest BCUT2D eigenvalue weighted by Crippen LogP contribution is -2.29. The van der Waals surface area contributed by atoms with E-state index in [0.29, 0.717) is 38.5 Å². The molecule has 1 fully saturated rings. The van der Waals surface area contributed by atoms with Crippen LogP contribution >= 0.6 is 22.9 Å². The molecule has 39 heavy (non-hydrogen) atoms. The Bertz CT molecular complexity index is 1640. The van der Waals surface area contributed by atoms with Crippen LogP contribution in [-0.4, -0.2) is 43.1 Å². The van der Waals surface area contributed by atoms with Crippen molar-refractivity contribution >= 4 is 55.7 Å². The van der Waals surface area contributed by atoms with Crippen molar-refractivity contribution < 1.29 is 28.9 Å². The van der Waals surface area contributed by atoms with Gasteiger partial charge in [-0.05, 0) is 73.0 Å². The fourth-order valence-electron chi connectivity index (χ4n) is 4.83. The first-order valence-corrected chi connectivity index (χ1v) is 13.1. The second-order valence-electron chi connectivity index (χ2n) is 9.06. The van der Waals surface area contributed by atoms with E-state index in [4.69, 9.17) is 30.8 Å². The molecule has 1 atom stereocenters. The van der Waals surface area contributed by atoms with Crippen LogP contribution in [-0.2, 0) is 9.59 Å². The number of aliphatic hydroxyl groups excluding tert-OH is 1. The number of nitrogens with zero attached hydrogens (tertiary/aromatic N) is 2. The molecule has 1 amide bonds. The molecule has 5 rings (SSSR count). The number of hydrogen-bond acceptors (Lipinski definition) is 8. The minimum absolute atomic E-state index is 0.0937. The van der Waals surface area contributed by atoms with Gasteiger partial charge in [-0.1, -0.05) is 29.0 Å². The van der Waals surface area contributed by atoms with E-state index in [2.05, 4.69) is 0 Å². The summed E-state index contributed by atoms with van der Waals surface area (Å²) in [6, 6.07) is 12.6.